The second-order valence-electron chi connectivity index (χ2n) is 1.51. The van der Waals surface area contributed by atoms with E-state index in [4.69, 9.17) is 5.26 Å². The number of primary amides is 1. The summed E-state index contributed by atoms with van der Waals surface area (Å²) in [5.74, 6) is -4.36. The van der Waals surface area contributed by atoms with Crippen molar-refractivity contribution in [2.45, 2.75) is 6.18 Å². The molecule has 2 N–H and O–H groups in total. The average molecular weight is 152 g/mol. The second-order valence-corrected chi connectivity index (χ2v) is 1.51. The fourth-order valence-electron chi connectivity index (χ4n) is 0.298. The molecule has 1 amide bonds. The lowest BCUT2D eigenvalue weighted by molar-refractivity contribution is -0.168. The van der Waals surface area contributed by atoms with Gasteiger partial charge in [-0.15, -0.1) is 0 Å². The summed E-state index contributed by atoms with van der Waals surface area (Å²) >= 11 is 0. The minimum absolute atomic E-state index is 0.742. The van der Waals surface area contributed by atoms with Gasteiger partial charge in [0.2, 0.25) is 11.8 Å². The number of nitrogens with two attached hydrogens (primary N) is 1. The first-order chi connectivity index (χ1) is 4.39. The summed E-state index contributed by atoms with van der Waals surface area (Å²) in [5.41, 5.74) is 4.25. The number of carbonyl (C=O) groups excluding carboxylic acids is 1. The van der Waals surface area contributed by atoms with Crippen molar-refractivity contribution in [3.05, 3.63) is 0 Å². The van der Waals surface area contributed by atoms with Gasteiger partial charge in [-0.3, -0.25) is 4.79 Å². The van der Waals surface area contributed by atoms with Crippen molar-refractivity contribution in [3.8, 4) is 6.07 Å². The number of hydrogen-bond acceptors (Lipinski definition) is 2. The predicted molar refractivity (Wildman–Crippen MR) is 24.4 cm³/mol. The highest BCUT2D eigenvalue weighted by atomic mass is 19.4. The molecular formula is C4H3F3N2O. The molecule has 10 heavy (non-hydrogen) atoms. The topological polar surface area (TPSA) is 66.9 Å². The minimum atomic E-state index is -4.85. The molecule has 0 bridgehead atoms. The van der Waals surface area contributed by atoms with E-state index in [1.165, 1.54) is 0 Å². The highest BCUT2D eigenvalue weighted by Crippen LogP contribution is 2.24. The maximum absolute atomic E-state index is 11.4. The van der Waals surface area contributed by atoms with Gasteiger partial charge in [-0.2, -0.15) is 18.4 Å². The van der Waals surface area contributed by atoms with Crippen molar-refractivity contribution in [2.75, 3.05) is 0 Å². The molecule has 0 aromatic rings. The normalized spacial score (nSPS) is 13.8. The first-order valence-corrected chi connectivity index (χ1v) is 2.15. The van der Waals surface area contributed by atoms with Crippen LogP contribution in [0.3, 0.4) is 0 Å². The zero-order chi connectivity index (χ0) is 8.36. The molecule has 0 aliphatic heterocycles. The number of amides is 1. The molecule has 0 heterocycles. The van der Waals surface area contributed by atoms with Crippen molar-refractivity contribution in [3.63, 3.8) is 0 Å². The molecule has 1 atom stereocenters. The van der Waals surface area contributed by atoms with Crippen LogP contribution < -0.4 is 5.73 Å². The highest BCUT2D eigenvalue weighted by Gasteiger charge is 2.44. The molecule has 0 spiro atoms. The fourth-order valence-corrected chi connectivity index (χ4v) is 0.298. The number of halogens is 3. The minimum Gasteiger partial charge on any atom is -0.368 e. The van der Waals surface area contributed by atoms with Crippen LogP contribution in [0, 0.1) is 17.2 Å². The van der Waals surface area contributed by atoms with Crippen LogP contribution in [0.1, 0.15) is 0 Å². The van der Waals surface area contributed by atoms with E-state index in [0.29, 0.717) is 0 Å². The largest absolute Gasteiger partial charge is 0.413 e. The SMILES string of the molecule is N#CC(C(N)=O)C(F)(F)F. The van der Waals surface area contributed by atoms with E-state index in [1.54, 1.807) is 0 Å². The lowest BCUT2D eigenvalue weighted by atomic mass is 10.1. The summed E-state index contributed by atoms with van der Waals surface area (Å²) < 4.78 is 34.3. The molecular weight excluding hydrogens is 149 g/mol. The molecule has 0 saturated carbocycles. The monoisotopic (exact) mass is 152 g/mol. The van der Waals surface area contributed by atoms with Gasteiger partial charge in [0.25, 0.3) is 0 Å². The number of hydrogen-bond donors (Lipinski definition) is 1. The summed E-state index contributed by atoms with van der Waals surface area (Å²) in [6.45, 7) is 0. The van der Waals surface area contributed by atoms with Gasteiger partial charge < -0.3 is 5.73 Å². The maximum Gasteiger partial charge on any atom is 0.413 e. The molecule has 0 radical (unpaired) electrons. The third kappa shape index (κ3) is 1.93. The Hall–Kier alpha value is -1.25. The number of nitriles is 1. The molecule has 3 nitrogen and oxygen atoms in total. The van der Waals surface area contributed by atoms with Gasteiger partial charge in [0.1, 0.15) is 0 Å². The van der Waals surface area contributed by atoms with Crippen molar-refractivity contribution in [2.24, 2.45) is 11.7 Å². The van der Waals surface area contributed by atoms with E-state index in [1.807, 2.05) is 0 Å². The second kappa shape index (κ2) is 2.56. The Morgan fingerprint density at radius 3 is 2.00 bits per heavy atom. The van der Waals surface area contributed by atoms with Crippen LogP contribution in [0.4, 0.5) is 13.2 Å². The van der Waals surface area contributed by atoms with Crippen LogP contribution in [0.15, 0.2) is 0 Å². The zero-order valence-electron chi connectivity index (χ0n) is 4.64. The predicted octanol–water partition coefficient (Wildman–Crippen LogP) is 0.174. The standard InChI is InChI=1S/C4H3F3N2O/c5-4(6,7)2(1-8)3(9)10/h2H,(H2,9,10). The Labute approximate surface area is 54.2 Å². The Morgan fingerprint density at radius 1 is 1.60 bits per heavy atom. The summed E-state index contributed by atoms with van der Waals surface area (Å²) in [6.07, 6.45) is -4.85. The van der Waals surface area contributed by atoms with Crippen molar-refractivity contribution in [1.82, 2.24) is 0 Å². The molecule has 0 aromatic carbocycles. The van der Waals surface area contributed by atoms with Gasteiger partial charge >= 0.3 is 6.18 Å². The number of rotatable bonds is 1. The van der Waals surface area contributed by atoms with Crippen LogP contribution in [-0.4, -0.2) is 12.1 Å². The van der Waals surface area contributed by atoms with E-state index in [-0.39, 0.29) is 0 Å². The fraction of sp³-hybridized carbons (Fsp3) is 0.500. The van der Waals surface area contributed by atoms with Crippen LogP contribution in [-0.2, 0) is 4.79 Å². The average Bonchev–Trinajstić information content (AvgIpc) is 1.60. The Bertz CT molecular complexity index is 180. The van der Waals surface area contributed by atoms with Crippen molar-refractivity contribution >= 4 is 5.91 Å². The lowest BCUT2D eigenvalue weighted by Gasteiger charge is -2.07. The third-order valence-corrected chi connectivity index (χ3v) is 0.741. The van der Waals surface area contributed by atoms with Gasteiger partial charge in [-0.25, -0.2) is 0 Å². The molecule has 0 aliphatic rings. The van der Waals surface area contributed by atoms with Crippen LogP contribution >= 0.6 is 0 Å². The lowest BCUT2D eigenvalue weighted by Crippen LogP contribution is -2.34. The Balaban J connectivity index is 4.42. The molecule has 6 heteroatoms. The molecule has 0 saturated heterocycles. The smallest absolute Gasteiger partial charge is 0.368 e. The Morgan fingerprint density at radius 2 is 2.00 bits per heavy atom. The summed E-state index contributed by atoms with van der Waals surface area (Å²) in [7, 11) is 0. The number of nitrogens with zero attached hydrogens (tertiary/aromatic N) is 1. The van der Waals surface area contributed by atoms with E-state index in [0.717, 1.165) is 6.07 Å². The first kappa shape index (κ1) is 8.75. The van der Waals surface area contributed by atoms with Gasteiger partial charge in [0.05, 0.1) is 6.07 Å². The van der Waals surface area contributed by atoms with Crippen LogP contribution in [0.25, 0.3) is 0 Å². The van der Waals surface area contributed by atoms with Gasteiger partial charge in [0.15, 0.2) is 0 Å². The molecule has 0 rings (SSSR count). The summed E-state index contributed by atoms with van der Waals surface area (Å²) in [4.78, 5) is 9.86. The van der Waals surface area contributed by atoms with Crippen molar-refractivity contribution < 1.29 is 18.0 Å². The summed E-state index contributed by atoms with van der Waals surface area (Å²) in [5, 5.41) is 7.76. The van der Waals surface area contributed by atoms with E-state index < -0.39 is 18.0 Å². The van der Waals surface area contributed by atoms with Gasteiger partial charge in [0, 0.05) is 0 Å². The van der Waals surface area contributed by atoms with E-state index in [2.05, 4.69) is 5.73 Å². The number of carbonyl (C=O) groups is 1. The molecule has 1 unspecified atom stereocenters. The number of alkyl halides is 3. The van der Waals surface area contributed by atoms with E-state index in [9.17, 15) is 18.0 Å². The Kier molecular flexibility index (Phi) is 2.24. The summed E-state index contributed by atoms with van der Waals surface area (Å²) in [6, 6.07) is 0.742. The zero-order valence-corrected chi connectivity index (χ0v) is 4.64. The highest BCUT2D eigenvalue weighted by molar-refractivity contribution is 5.79. The van der Waals surface area contributed by atoms with E-state index >= 15 is 0 Å². The van der Waals surface area contributed by atoms with Crippen LogP contribution in [0.2, 0.25) is 0 Å². The quantitative estimate of drug-likeness (QED) is 0.582. The molecule has 0 aliphatic carbocycles. The molecule has 56 valence electrons. The van der Waals surface area contributed by atoms with Crippen LogP contribution in [0.5, 0.6) is 0 Å². The van der Waals surface area contributed by atoms with Crippen molar-refractivity contribution in [1.29, 1.82) is 5.26 Å². The molecule has 0 fully saturated rings. The third-order valence-electron chi connectivity index (χ3n) is 0.741. The molecule has 0 aromatic heterocycles. The first-order valence-electron chi connectivity index (χ1n) is 2.15. The maximum atomic E-state index is 11.4. The van der Waals surface area contributed by atoms with Gasteiger partial charge in [-0.05, 0) is 0 Å². The van der Waals surface area contributed by atoms with Gasteiger partial charge in [-0.1, -0.05) is 0 Å².